The van der Waals surface area contributed by atoms with E-state index >= 15 is 0 Å². The van der Waals surface area contributed by atoms with E-state index < -0.39 is 6.43 Å². The van der Waals surface area contributed by atoms with Crippen molar-refractivity contribution in [2.45, 2.75) is 20.3 Å². The Balaban J connectivity index is 2.54. The number of nitrogens with zero attached hydrogens (tertiary/aromatic N) is 2. The predicted molar refractivity (Wildman–Crippen MR) is 56.2 cm³/mol. The van der Waals surface area contributed by atoms with Gasteiger partial charge < -0.3 is 0 Å². The summed E-state index contributed by atoms with van der Waals surface area (Å²) in [6.45, 7) is 3.46. The molecule has 2 aromatic rings. The summed E-state index contributed by atoms with van der Waals surface area (Å²) in [4.78, 5) is 4.11. The highest BCUT2D eigenvalue weighted by molar-refractivity contribution is 5.65. The standard InChI is InChI=1S/C11H11F2N3/c1-6-9(15-16-10(6)11(12)13)8-4-3-5-14-7(8)2/h3-5,11H,1-2H3,(H,15,16). The van der Waals surface area contributed by atoms with Crippen LogP contribution in [0, 0.1) is 13.8 Å². The zero-order chi connectivity index (χ0) is 11.7. The minimum absolute atomic E-state index is 0.127. The molecular formula is C11H11F2N3. The molecule has 0 aliphatic heterocycles. The molecule has 0 spiro atoms. The zero-order valence-corrected chi connectivity index (χ0v) is 8.96. The first-order chi connectivity index (χ1) is 7.61. The van der Waals surface area contributed by atoms with E-state index in [9.17, 15) is 8.78 Å². The molecule has 0 aliphatic rings. The van der Waals surface area contributed by atoms with Crippen LogP contribution in [0.1, 0.15) is 23.4 Å². The number of halogens is 2. The molecule has 16 heavy (non-hydrogen) atoms. The summed E-state index contributed by atoms with van der Waals surface area (Å²) >= 11 is 0. The molecule has 0 saturated carbocycles. The van der Waals surface area contributed by atoms with E-state index in [4.69, 9.17) is 0 Å². The summed E-state index contributed by atoms with van der Waals surface area (Å²) in [6, 6.07) is 3.58. The van der Waals surface area contributed by atoms with Crippen LogP contribution in [-0.2, 0) is 0 Å². The van der Waals surface area contributed by atoms with Gasteiger partial charge in [0, 0.05) is 23.0 Å². The molecule has 2 heterocycles. The minimum Gasteiger partial charge on any atom is -0.276 e. The number of hydrogen-bond donors (Lipinski definition) is 1. The van der Waals surface area contributed by atoms with Crippen LogP contribution in [0.15, 0.2) is 18.3 Å². The van der Waals surface area contributed by atoms with Crippen molar-refractivity contribution in [3.63, 3.8) is 0 Å². The third-order valence-electron chi connectivity index (χ3n) is 2.53. The maximum Gasteiger partial charge on any atom is 0.280 e. The third kappa shape index (κ3) is 1.68. The summed E-state index contributed by atoms with van der Waals surface area (Å²) in [6.07, 6.45) is -0.868. The van der Waals surface area contributed by atoms with E-state index in [-0.39, 0.29) is 5.69 Å². The number of nitrogens with one attached hydrogen (secondary N) is 1. The second-order valence-corrected chi connectivity index (χ2v) is 3.55. The Bertz CT molecular complexity index is 506. The Morgan fingerprint density at radius 2 is 2.06 bits per heavy atom. The van der Waals surface area contributed by atoms with E-state index in [1.807, 2.05) is 13.0 Å². The number of aromatic nitrogens is 3. The fourth-order valence-corrected chi connectivity index (χ4v) is 1.62. The maximum absolute atomic E-state index is 12.6. The molecule has 0 saturated heterocycles. The van der Waals surface area contributed by atoms with Crippen molar-refractivity contribution in [3.05, 3.63) is 35.3 Å². The molecular weight excluding hydrogens is 212 g/mol. The SMILES string of the molecule is Cc1ncccc1-c1n[nH]c(C(F)F)c1C. The lowest BCUT2D eigenvalue weighted by Crippen LogP contribution is -1.89. The van der Waals surface area contributed by atoms with Gasteiger partial charge in [0.2, 0.25) is 0 Å². The lowest BCUT2D eigenvalue weighted by Gasteiger charge is -2.02. The van der Waals surface area contributed by atoms with Gasteiger partial charge in [0.1, 0.15) is 5.69 Å². The number of aryl methyl sites for hydroxylation is 1. The highest BCUT2D eigenvalue weighted by atomic mass is 19.3. The Morgan fingerprint density at radius 1 is 1.31 bits per heavy atom. The molecule has 5 heteroatoms. The van der Waals surface area contributed by atoms with Crippen molar-refractivity contribution in [3.8, 4) is 11.3 Å². The van der Waals surface area contributed by atoms with E-state index in [1.165, 1.54) is 0 Å². The number of H-pyrrole nitrogens is 1. The quantitative estimate of drug-likeness (QED) is 0.850. The zero-order valence-electron chi connectivity index (χ0n) is 8.96. The topological polar surface area (TPSA) is 41.6 Å². The number of rotatable bonds is 2. The summed E-state index contributed by atoms with van der Waals surface area (Å²) < 4.78 is 25.1. The average Bonchev–Trinajstić information content (AvgIpc) is 2.61. The molecule has 0 unspecified atom stereocenters. The maximum atomic E-state index is 12.6. The van der Waals surface area contributed by atoms with Gasteiger partial charge in [-0.15, -0.1) is 0 Å². The van der Waals surface area contributed by atoms with E-state index in [1.54, 1.807) is 19.2 Å². The molecule has 84 valence electrons. The van der Waals surface area contributed by atoms with Gasteiger partial charge in [-0.25, -0.2) is 8.78 Å². The molecule has 3 nitrogen and oxygen atoms in total. The van der Waals surface area contributed by atoms with E-state index in [2.05, 4.69) is 15.2 Å². The van der Waals surface area contributed by atoms with Crippen LogP contribution in [0.2, 0.25) is 0 Å². The highest BCUT2D eigenvalue weighted by Gasteiger charge is 2.18. The normalized spacial score (nSPS) is 11.1. The van der Waals surface area contributed by atoms with Crippen molar-refractivity contribution in [2.24, 2.45) is 0 Å². The van der Waals surface area contributed by atoms with E-state index in [0.29, 0.717) is 11.3 Å². The highest BCUT2D eigenvalue weighted by Crippen LogP contribution is 2.29. The summed E-state index contributed by atoms with van der Waals surface area (Å²) in [5.74, 6) is 0. The first-order valence-electron chi connectivity index (χ1n) is 4.86. The predicted octanol–water partition coefficient (Wildman–Crippen LogP) is 3.03. The number of hydrogen-bond acceptors (Lipinski definition) is 2. The largest absolute Gasteiger partial charge is 0.280 e. The van der Waals surface area contributed by atoms with Crippen LogP contribution in [0.25, 0.3) is 11.3 Å². The molecule has 0 radical (unpaired) electrons. The Kier molecular flexibility index (Phi) is 2.68. The minimum atomic E-state index is -2.53. The van der Waals surface area contributed by atoms with Crippen LogP contribution in [0.4, 0.5) is 8.78 Å². The van der Waals surface area contributed by atoms with Gasteiger partial charge in [0.25, 0.3) is 6.43 Å². The van der Waals surface area contributed by atoms with Gasteiger partial charge in [0.05, 0.1) is 5.69 Å². The Morgan fingerprint density at radius 3 is 2.62 bits per heavy atom. The van der Waals surface area contributed by atoms with Crippen molar-refractivity contribution in [1.82, 2.24) is 15.2 Å². The Labute approximate surface area is 91.5 Å². The number of alkyl halides is 2. The molecule has 0 aromatic carbocycles. The van der Waals surface area contributed by atoms with Gasteiger partial charge in [-0.2, -0.15) is 5.10 Å². The lowest BCUT2D eigenvalue weighted by atomic mass is 10.1. The molecule has 0 bridgehead atoms. The second kappa shape index (κ2) is 4.00. The molecule has 0 aliphatic carbocycles. The molecule has 1 N–H and O–H groups in total. The molecule has 0 fully saturated rings. The van der Waals surface area contributed by atoms with Gasteiger partial charge in [0.15, 0.2) is 0 Å². The van der Waals surface area contributed by atoms with Gasteiger partial charge in [-0.1, -0.05) is 0 Å². The van der Waals surface area contributed by atoms with Gasteiger partial charge in [-0.3, -0.25) is 10.1 Å². The Hall–Kier alpha value is -1.78. The van der Waals surface area contributed by atoms with Gasteiger partial charge >= 0.3 is 0 Å². The van der Waals surface area contributed by atoms with E-state index in [0.717, 1.165) is 11.3 Å². The molecule has 0 atom stereocenters. The summed E-state index contributed by atoms with van der Waals surface area (Å²) in [5.41, 5.74) is 2.45. The van der Waals surface area contributed by atoms with Crippen LogP contribution < -0.4 is 0 Å². The fourth-order valence-electron chi connectivity index (χ4n) is 1.62. The molecule has 2 aromatic heterocycles. The monoisotopic (exact) mass is 223 g/mol. The average molecular weight is 223 g/mol. The van der Waals surface area contributed by atoms with Crippen LogP contribution in [0.5, 0.6) is 0 Å². The first-order valence-corrected chi connectivity index (χ1v) is 4.86. The molecule has 2 rings (SSSR count). The summed E-state index contributed by atoms with van der Waals surface area (Å²) in [7, 11) is 0. The number of aromatic amines is 1. The van der Waals surface area contributed by atoms with Crippen LogP contribution in [0.3, 0.4) is 0 Å². The molecule has 0 amide bonds. The summed E-state index contributed by atoms with van der Waals surface area (Å²) in [5, 5.41) is 6.29. The third-order valence-corrected chi connectivity index (χ3v) is 2.53. The van der Waals surface area contributed by atoms with Crippen molar-refractivity contribution in [2.75, 3.05) is 0 Å². The van der Waals surface area contributed by atoms with Crippen LogP contribution >= 0.6 is 0 Å². The second-order valence-electron chi connectivity index (χ2n) is 3.55. The fraction of sp³-hybridized carbons (Fsp3) is 0.273. The number of pyridine rings is 1. The van der Waals surface area contributed by atoms with Crippen molar-refractivity contribution >= 4 is 0 Å². The smallest absolute Gasteiger partial charge is 0.276 e. The van der Waals surface area contributed by atoms with Crippen molar-refractivity contribution < 1.29 is 8.78 Å². The van der Waals surface area contributed by atoms with Gasteiger partial charge in [-0.05, 0) is 26.0 Å². The van der Waals surface area contributed by atoms with Crippen molar-refractivity contribution in [1.29, 1.82) is 0 Å². The first kappa shape index (κ1) is 10.7. The van der Waals surface area contributed by atoms with Crippen LogP contribution in [-0.4, -0.2) is 15.2 Å². The lowest BCUT2D eigenvalue weighted by molar-refractivity contribution is 0.145.